The van der Waals surface area contributed by atoms with Gasteiger partial charge in [-0.2, -0.15) is 0 Å². The molecule has 1 aliphatic heterocycles. The lowest BCUT2D eigenvalue weighted by atomic mass is 9.96. The quantitative estimate of drug-likeness (QED) is 0.585. The van der Waals surface area contributed by atoms with Crippen molar-refractivity contribution in [3.8, 4) is 0 Å². The van der Waals surface area contributed by atoms with E-state index in [0.29, 0.717) is 38.9 Å². The highest BCUT2D eigenvalue weighted by Gasteiger charge is 2.30. The third-order valence-corrected chi connectivity index (χ3v) is 8.40. The first-order valence-electron chi connectivity index (χ1n) is 11.8. The van der Waals surface area contributed by atoms with E-state index >= 15 is 0 Å². The number of rotatable bonds is 10. The second-order valence-corrected chi connectivity index (χ2v) is 10.7. The zero-order chi connectivity index (χ0) is 23.0. The Labute approximate surface area is 193 Å². The van der Waals surface area contributed by atoms with Gasteiger partial charge in [0.15, 0.2) is 0 Å². The van der Waals surface area contributed by atoms with Crippen molar-refractivity contribution in [2.24, 2.45) is 5.92 Å². The average Bonchev–Trinajstić information content (AvgIpc) is 2.83. The van der Waals surface area contributed by atoms with Gasteiger partial charge in [0, 0.05) is 25.6 Å². The van der Waals surface area contributed by atoms with Crippen molar-refractivity contribution in [1.29, 1.82) is 0 Å². The number of amides is 1. The Kier molecular flexibility index (Phi) is 8.88. The van der Waals surface area contributed by atoms with E-state index in [1.54, 1.807) is 4.31 Å². The Morgan fingerprint density at radius 2 is 1.69 bits per heavy atom. The maximum absolute atomic E-state index is 12.7. The molecule has 6 heteroatoms. The highest BCUT2D eigenvalue weighted by molar-refractivity contribution is 7.89. The van der Waals surface area contributed by atoms with Gasteiger partial charge in [0.2, 0.25) is 15.9 Å². The maximum Gasteiger partial charge on any atom is 0.223 e. The molecule has 174 valence electrons. The van der Waals surface area contributed by atoms with E-state index in [0.717, 1.165) is 24.8 Å². The van der Waals surface area contributed by atoms with Crippen molar-refractivity contribution in [3.05, 3.63) is 70.8 Å². The van der Waals surface area contributed by atoms with Gasteiger partial charge >= 0.3 is 0 Å². The predicted octanol–water partition coefficient (Wildman–Crippen LogP) is 4.10. The summed E-state index contributed by atoms with van der Waals surface area (Å²) in [6.45, 7) is 5.65. The fourth-order valence-corrected chi connectivity index (χ4v) is 5.90. The molecule has 1 amide bonds. The highest BCUT2D eigenvalue weighted by Crippen LogP contribution is 2.21. The second-order valence-electron chi connectivity index (χ2n) is 8.61. The molecule has 3 rings (SSSR count). The first-order chi connectivity index (χ1) is 15.4. The SMILES string of the molecule is CCc1ccc(CC)c(CNC(=O)C2CCN(S(=O)(=O)CCCc3ccccc3)CC2)c1. The molecule has 1 aliphatic rings. The number of sulfonamides is 1. The lowest BCUT2D eigenvalue weighted by Gasteiger charge is -2.30. The molecule has 0 spiro atoms. The minimum Gasteiger partial charge on any atom is -0.352 e. The Hall–Kier alpha value is -2.18. The summed E-state index contributed by atoms with van der Waals surface area (Å²) >= 11 is 0. The van der Waals surface area contributed by atoms with Gasteiger partial charge in [-0.25, -0.2) is 12.7 Å². The summed E-state index contributed by atoms with van der Waals surface area (Å²) in [6.07, 6.45) is 4.46. The van der Waals surface area contributed by atoms with Crippen LogP contribution in [-0.4, -0.2) is 37.5 Å². The van der Waals surface area contributed by atoms with Gasteiger partial charge in [0.25, 0.3) is 0 Å². The van der Waals surface area contributed by atoms with Crippen molar-refractivity contribution >= 4 is 15.9 Å². The molecule has 1 N–H and O–H groups in total. The molecule has 0 unspecified atom stereocenters. The molecule has 1 fully saturated rings. The van der Waals surface area contributed by atoms with Crippen LogP contribution in [0.25, 0.3) is 0 Å². The molecule has 0 radical (unpaired) electrons. The number of aryl methyl sites for hydroxylation is 3. The summed E-state index contributed by atoms with van der Waals surface area (Å²) in [7, 11) is -3.27. The molecule has 2 aromatic rings. The van der Waals surface area contributed by atoms with E-state index in [1.807, 2.05) is 30.3 Å². The molecule has 2 aromatic carbocycles. The van der Waals surface area contributed by atoms with Gasteiger partial charge in [-0.15, -0.1) is 0 Å². The largest absolute Gasteiger partial charge is 0.352 e. The average molecular weight is 457 g/mol. The summed E-state index contributed by atoms with van der Waals surface area (Å²) in [4.78, 5) is 12.7. The van der Waals surface area contributed by atoms with Crippen LogP contribution in [-0.2, 0) is 40.6 Å². The molecule has 0 atom stereocenters. The van der Waals surface area contributed by atoms with Crippen LogP contribution in [0.5, 0.6) is 0 Å². The number of carbonyl (C=O) groups is 1. The molecule has 1 saturated heterocycles. The predicted molar refractivity (Wildman–Crippen MR) is 130 cm³/mol. The summed E-state index contributed by atoms with van der Waals surface area (Å²) in [6, 6.07) is 16.5. The van der Waals surface area contributed by atoms with Crippen LogP contribution in [0.3, 0.4) is 0 Å². The zero-order valence-corrected chi connectivity index (χ0v) is 20.2. The monoisotopic (exact) mass is 456 g/mol. The minimum absolute atomic E-state index is 0.0371. The summed E-state index contributed by atoms with van der Waals surface area (Å²) in [5.41, 5.74) is 4.88. The molecule has 0 aromatic heterocycles. The van der Waals surface area contributed by atoms with Crippen LogP contribution in [0.15, 0.2) is 48.5 Å². The normalized spacial score (nSPS) is 15.6. The molecular weight excluding hydrogens is 420 g/mol. The number of piperidine rings is 1. The van der Waals surface area contributed by atoms with E-state index in [2.05, 4.69) is 37.4 Å². The number of hydrogen-bond acceptors (Lipinski definition) is 3. The van der Waals surface area contributed by atoms with E-state index in [9.17, 15) is 13.2 Å². The van der Waals surface area contributed by atoms with Crippen LogP contribution in [0.2, 0.25) is 0 Å². The second kappa shape index (κ2) is 11.6. The molecular formula is C26H36N2O3S. The smallest absolute Gasteiger partial charge is 0.223 e. The van der Waals surface area contributed by atoms with E-state index in [-0.39, 0.29) is 17.6 Å². The fourth-order valence-electron chi connectivity index (χ4n) is 4.36. The standard InChI is InChI=1S/C26H36N2O3S/c1-3-21-12-13-23(4-2)25(19-21)20-27-26(29)24-14-16-28(17-15-24)32(30,31)18-8-11-22-9-6-5-7-10-22/h5-7,9-10,12-13,19,24H,3-4,8,11,14-18,20H2,1-2H3,(H,27,29). The number of hydrogen-bond donors (Lipinski definition) is 1. The van der Waals surface area contributed by atoms with Crippen molar-refractivity contribution in [2.45, 2.75) is 58.9 Å². The minimum atomic E-state index is -3.27. The van der Waals surface area contributed by atoms with Crippen molar-refractivity contribution in [1.82, 2.24) is 9.62 Å². The lowest BCUT2D eigenvalue weighted by Crippen LogP contribution is -2.43. The molecule has 0 saturated carbocycles. The Morgan fingerprint density at radius 3 is 2.34 bits per heavy atom. The Bertz CT molecular complexity index is 981. The Balaban J connectivity index is 1.46. The van der Waals surface area contributed by atoms with Crippen LogP contribution in [0, 0.1) is 5.92 Å². The first kappa shape index (κ1) is 24.5. The van der Waals surface area contributed by atoms with Gasteiger partial charge in [-0.1, -0.05) is 62.4 Å². The summed E-state index contributed by atoms with van der Waals surface area (Å²) in [5.74, 6) is 0.0760. The van der Waals surface area contributed by atoms with E-state index < -0.39 is 10.0 Å². The number of benzene rings is 2. The van der Waals surface area contributed by atoms with Crippen molar-refractivity contribution < 1.29 is 13.2 Å². The molecule has 0 aliphatic carbocycles. The number of nitrogens with zero attached hydrogens (tertiary/aromatic N) is 1. The van der Waals surface area contributed by atoms with Gasteiger partial charge in [0.05, 0.1) is 5.75 Å². The summed E-state index contributed by atoms with van der Waals surface area (Å²) < 4.78 is 27.0. The maximum atomic E-state index is 12.7. The van der Waals surface area contributed by atoms with Gasteiger partial charge < -0.3 is 5.32 Å². The van der Waals surface area contributed by atoms with E-state index in [1.165, 1.54) is 16.7 Å². The highest BCUT2D eigenvalue weighted by atomic mass is 32.2. The first-order valence-corrected chi connectivity index (χ1v) is 13.4. The number of nitrogens with one attached hydrogen (secondary N) is 1. The van der Waals surface area contributed by atoms with Gasteiger partial charge in [-0.05, 0) is 60.8 Å². The van der Waals surface area contributed by atoms with Crippen LogP contribution < -0.4 is 5.32 Å². The van der Waals surface area contributed by atoms with Gasteiger partial charge in [0.1, 0.15) is 0 Å². The fraction of sp³-hybridized carbons (Fsp3) is 0.500. The molecule has 32 heavy (non-hydrogen) atoms. The van der Waals surface area contributed by atoms with Crippen molar-refractivity contribution in [2.75, 3.05) is 18.8 Å². The lowest BCUT2D eigenvalue weighted by molar-refractivity contribution is -0.126. The van der Waals surface area contributed by atoms with Crippen molar-refractivity contribution in [3.63, 3.8) is 0 Å². The van der Waals surface area contributed by atoms with Crippen LogP contribution >= 0.6 is 0 Å². The third-order valence-electron chi connectivity index (χ3n) is 6.44. The third kappa shape index (κ3) is 6.66. The number of carbonyl (C=O) groups excluding carboxylic acids is 1. The van der Waals surface area contributed by atoms with Crippen LogP contribution in [0.1, 0.15) is 55.4 Å². The van der Waals surface area contributed by atoms with E-state index in [4.69, 9.17) is 0 Å². The Morgan fingerprint density at radius 1 is 0.969 bits per heavy atom. The molecule has 1 heterocycles. The zero-order valence-electron chi connectivity index (χ0n) is 19.3. The van der Waals surface area contributed by atoms with Gasteiger partial charge in [-0.3, -0.25) is 4.79 Å². The molecule has 5 nitrogen and oxygen atoms in total. The molecule has 0 bridgehead atoms. The topological polar surface area (TPSA) is 66.5 Å². The van der Waals surface area contributed by atoms with Crippen LogP contribution in [0.4, 0.5) is 0 Å². The summed E-state index contributed by atoms with van der Waals surface area (Å²) in [5, 5.41) is 3.09.